The molecule has 0 bridgehead atoms. The Bertz CT molecular complexity index is 1720. The van der Waals surface area contributed by atoms with Crippen molar-refractivity contribution in [3.63, 3.8) is 0 Å². The summed E-state index contributed by atoms with van der Waals surface area (Å²) in [6, 6.07) is 2.39. The molecule has 3 aromatic rings. The Balaban J connectivity index is 1.65. The summed E-state index contributed by atoms with van der Waals surface area (Å²) in [5.74, 6) is -1.58. The lowest BCUT2D eigenvalue weighted by Gasteiger charge is -2.31. The van der Waals surface area contributed by atoms with Crippen molar-refractivity contribution in [2.24, 2.45) is 5.73 Å². The fourth-order valence-corrected chi connectivity index (χ4v) is 6.40. The summed E-state index contributed by atoms with van der Waals surface area (Å²) < 4.78 is 23.3. The number of aryl methyl sites for hydroxylation is 1. The van der Waals surface area contributed by atoms with Gasteiger partial charge in [-0.25, -0.2) is 19.0 Å². The van der Waals surface area contributed by atoms with E-state index in [0.29, 0.717) is 35.3 Å². The third-order valence-corrected chi connectivity index (χ3v) is 8.56. The highest BCUT2D eigenvalue weighted by atomic mass is 19.1. The normalized spacial score (nSPS) is 22.3. The lowest BCUT2D eigenvalue weighted by atomic mass is 9.78. The van der Waals surface area contributed by atoms with Crippen molar-refractivity contribution in [1.29, 1.82) is 0 Å². The maximum Gasteiger partial charge on any atom is 0.402 e. The second-order valence-corrected chi connectivity index (χ2v) is 10.8. The number of carbonyl (C=O) groups is 2. The van der Waals surface area contributed by atoms with E-state index in [4.69, 9.17) is 15.5 Å². The maximum absolute atomic E-state index is 15.0. The van der Waals surface area contributed by atoms with Gasteiger partial charge in [0.25, 0.3) is 5.56 Å². The molecule has 0 radical (unpaired) electrons. The number of carbonyl (C=O) groups excluding carboxylic acids is 2. The first-order valence-corrected chi connectivity index (χ1v) is 13.2. The molecule has 202 valence electrons. The van der Waals surface area contributed by atoms with E-state index in [1.54, 1.807) is 38.5 Å². The molecule has 3 atom stereocenters. The summed E-state index contributed by atoms with van der Waals surface area (Å²) in [4.78, 5) is 43.7. The maximum atomic E-state index is 15.0. The number of hydrogen-bond donors (Lipinski definition) is 2. The van der Waals surface area contributed by atoms with Crippen LogP contribution < -0.4 is 11.3 Å². The van der Waals surface area contributed by atoms with E-state index in [-0.39, 0.29) is 53.9 Å². The van der Waals surface area contributed by atoms with Crippen molar-refractivity contribution in [2.75, 3.05) is 7.05 Å². The van der Waals surface area contributed by atoms with Gasteiger partial charge in [-0.2, -0.15) is 4.58 Å². The predicted molar refractivity (Wildman–Crippen MR) is 141 cm³/mol. The smallest absolute Gasteiger partial charge is 0.402 e. The van der Waals surface area contributed by atoms with Gasteiger partial charge < -0.3 is 20.1 Å². The number of hydrogen-bond acceptors (Lipinski definition) is 7. The minimum absolute atomic E-state index is 0.0375. The van der Waals surface area contributed by atoms with Crippen molar-refractivity contribution >= 4 is 29.0 Å². The molecular weight excluding hydrogens is 503 g/mol. The zero-order chi connectivity index (χ0) is 28.0. The highest BCUT2D eigenvalue weighted by molar-refractivity contribution is 5.96. The third-order valence-electron chi connectivity index (χ3n) is 8.56. The number of cyclic esters (lactones) is 1. The molecule has 2 aliphatic heterocycles. The van der Waals surface area contributed by atoms with Crippen molar-refractivity contribution in [1.82, 2.24) is 9.55 Å². The Morgan fingerprint density at radius 3 is 2.79 bits per heavy atom. The van der Waals surface area contributed by atoms with Crippen LogP contribution in [-0.4, -0.2) is 50.4 Å². The second kappa shape index (κ2) is 8.62. The molecule has 1 amide bonds. The Morgan fingerprint density at radius 1 is 1.36 bits per heavy atom. The van der Waals surface area contributed by atoms with Gasteiger partial charge in [-0.1, -0.05) is 6.92 Å². The van der Waals surface area contributed by atoms with Crippen LogP contribution in [0.5, 0.6) is 0 Å². The molecule has 4 heterocycles. The van der Waals surface area contributed by atoms with Crippen LogP contribution in [0.4, 0.5) is 4.39 Å². The molecule has 0 saturated heterocycles. The number of nitrogens with two attached hydrogens (primary N) is 1. The van der Waals surface area contributed by atoms with Crippen molar-refractivity contribution in [2.45, 2.75) is 70.7 Å². The molecule has 2 aromatic heterocycles. The third kappa shape index (κ3) is 3.47. The SMILES string of the molecule is CC[C@@]1(O)C(=O)OCc2c1cc1n(c2=O)Cc2c-1nc1cc(F)c(C)c3c1c2C(/C=[N+](/C)C(=O)[C@H](C)N)CC3. The summed E-state index contributed by atoms with van der Waals surface area (Å²) in [6.45, 7) is 5.04. The van der Waals surface area contributed by atoms with Gasteiger partial charge in [0.15, 0.2) is 11.8 Å². The van der Waals surface area contributed by atoms with E-state index in [1.807, 2.05) is 6.21 Å². The van der Waals surface area contributed by atoms with Crippen molar-refractivity contribution in [3.8, 4) is 11.4 Å². The number of esters is 1. The standard InChI is InChI=1S/C29H30FN4O5/c1-5-29(38)19-8-22-25-17(11-34(22)27(36)18(19)12-39-28(29)37)23-15(10-33(4)26(35)14(3)31)6-7-16-13(2)20(30)9-21(32-25)24(16)23/h8-10,14-15,38H,5-7,11-12,31H2,1-4H3/q+1/b33-10-/t14-,15?,29-/m0/s1. The van der Waals surface area contributed by atoms with Gasteiger partial charge in [0.2, 0.25) is 0 Å². The lowest BCUT2D eigenvalue weighted by Crippen LogP contribution is -2.44. The minimum atomic E-state index is -1.94. The highest BCUT2D eigenvalue weighted by Crippen LogP contribution is 2.46. The first kappa shape index (κ1) is 25.5. The summed E-state index contributed by atoms with van der Waals surface area (Å²) in [5.41, 5.74) is 8.59. The van der Waals surface area contributed by atoms with Gasteiger partial charge in [-0.3, -0.25) is 4.79 Å². The molecule has 10 heteroatoms. The van der Waals surface area contributed by atoms with E-state index >= 15 is 4.39 Å². The van der Waals surface area contributed by atoms with Crippen LogP contribution >= 0.6 is 0 Å². The van der Waals surface area contributed by atoms with Crippen LogP contribution in [0.3, 0.4) is 0 Å². The average Bonchev–Trinajstić information content (AvgIpc) is 3.28. The lowest BCUT2D eigenvalue weighted by molar-refractivity contribution is -0.417. The second-order valence-electron chi connectivity index (χ2n) is 10.8. The fraction of sp³-hybridized carbons (Fsp3) is 0.414. The van der Waals surface area contributed by atoms with Crippen LogP contribution in [-0.2, 0) is 39.5 Å². The highest BCUT2D eigenvalue weighted by Gasteiger charge is 2.46. The number of ether oxygens (including phenoxy) is 1. The minimum Gasteiger partial charge on any atom is -0.458 e. The zero-order valence-corrected chi connectivity index (χ0v) is 22.3. The Kier molecular flexibility index (Phi) is 5.64. The molecule has 9 nitrogen and oxygen atoms in total. The van der Waals surface area contributed by atoms with E-state index in [9.17, 15) is 19.5 Å². The number of pyridine rings is 2. The van der Waals surface area contributed by atoms with Crippen LogP contribution in [0.15, 0.2) is 16.9 Å². The van der Waals surface area contributed by atoms with E-state index in [2.05, 4.69) is 0 Å². The van der Waals surface area contributed by atoms with E-state index in [1.165, 1.54) is 10.6 Å². The predicted octanol–water partition coefficient (Wildman–Crippen LogP) is 2.14. The number of halogens is 1. The fourth-order valence-electron chi connectivity index (χ4n) is 6.40. The number of rotatable bonds is 3. The van der Waals surface area contributed by atoms with E-state index < -0.39 is 17.6 Å². The number of aromatic nitrogens is 2. The van der Waals surface area contributed by atoms with Crippen molar-refractivity contribution < 1.29 is 28.4 Å². The largest absolute Gasteiger partial charge is 0.458 e. The van der Waals surface area contributed by atoms with Gasteiger partial charge >= 0.3 is 11.9 Å². The van der Waals surface area contributed by atoms with Gasteiger partial charge in [0.05, 0.1) is 34.9 Å². The molecule has 1 aliphatic carbocycles. The molecule has 1 aromatic carbocycles. The number of benzene rings is 1. The summed E-state index contributed by atoms with van der Waals surface area (Å²) >= 11 is 0. The number of nitrogens with zero attached hydrogens (tertiary/aromatic N) is 3. The molecule has 39 heavy (non-hydrogen) atoms. The Labute approximate surface area is 223 Å². The average molecular weight is 534 g/mol. The molecule has 0 fully saturated rings. The van der Waals surface area contributed by atoms with Gasteiger partial charge in [0, 0.05) is 22.6 Å². The van der Waals surface area contributed by atoms with Gasteiger partial charge in [-0.15, -0.1) is 0 Å². The molecule has 0 spiro atoms. The van der Waals surface area contributed by atoms with Crippen molar-refractivity contribution in [3.05, 3.63) is 61.7 Å². The zero-order valence-electron chi connectivity index (χ0n) is 22.3. The van der Waals surface area contributed by atoms with Crippen LogP contribution in [0.2, 0.25) is 0 Å². The number of amides is 1. The first-order valence-electron chi connectivity index (χ1n) is 13.2. The summed E-state index contributed by atoms with van der Waals surface area (Å²) in [7, 11) is 1.67. The number of likely N-dealkylation sites (N-methyl/N-ethyl adjacent to an activating group) is 1. The molecule has 3 N–H and O–H groups in total. The first-order chi connectivity index (χ1) is 18.5. The molecular formula is C29H30FN4O5+. The summed E-state index contributed by atoms with van der Waals surface area (Å²) in [6.07, 6.45) is 3.13. The Hall–Kier alpha value is -3.76. The molecule has 6 rings (SSSR count). The monoisotopic (exact) mass is 533 g/mol. The van der Waals surface area contributed by atoms with Crippen LogP contribution in [0, 0.1) is 12.7 Å². The molecule has 1 unspecified atom stereocenters. The molecule has 3 aliphatic rings. The quantitative estimate of drug-likeness (QED) is 0.235. The Morgan fingerprint density at radius 2 is 2.10 bits per heavy atom. The van der Waals surface area contributed by atoms with Gasteiger partial charge in [-0.05, 0) is 55.9 Å². The summed E-state index contributed by atoms with van der Waals surface area (Å²) in [5, 5.41) is 12.0. The van der Waals surface area contributed by atoms with Gasteiger partial charge in [0.1, 0.15) is 25.5 Å². The van der Waals surface area contributed by atoms with Crippen LogP contribution in [0.1, 0.15) is 66.0 Å². The van der Waals surface area contributed by atoms with Crippen LogP contribution in [0.25, 0.3) is 22.3 Å². The number of aliphatic hydroxyl groups is 1. The topological polar surface area (TPSA) is 128 Å². The molecule has 0 saturated carbocycles. The van der Waals surface area contributed by atoms with E-state index in [0.717, 1.165) is 22.1 Å². The number of fused-ring (bicyclic) bond motifs is 5.